The van der Waals surface area contributed by atoms with Gasteiger partial charge in [-0.15, -0.1) is 11.3 Å². The average Bonchev–Trinajstić information content (AvgIpc) is 3.44. The molecule has 0 aliphatic rings. The van der Waals surface area contributed by atoms with E-state index in [0.29, 0.717) is 12.2 Å². The molecular formula is C21H25FN4O3S2. The zero-order chi connectivity index (χ0) is 22.3. The van der Waals surface area contributed by atoms with E-state index in [0.717, 1.165) is 48.3 Å². The molecule has 0 aliphatic heterocycles. The summed E-state index contributed by atoms with van der Waals surface area (Å²) in [7, 11) is -1.97. The number of aromatic nitrogens is 2. The van der Waals surface area contributed by atoms with Crippen molar-refractivity contribution < 1.29 is 17.6 Å². The summed E-state index contributed by atoms with van der Waals surface area (Å²) < 4.78 is 40.0. The number of thiophene rings is 1. The zero-order valence-corrected chi connectivity index (χ0v) is 18.8. The number of nitrogens with one attached hydrogen (secondary N) is 2. The normalized spacial score (nSPS) is 11.5. The lowest BCUT2D eigenvalue weighted by atomic mass is 10.1. The van der Waals surface area contributed by atoms with E-state index in [2.05, 4.69) is 14.9 Å². The van der Waals surface area contributed by atoms with Crippen molar-refractivity contribution in [2.45, 2.75) is 29.9 Å². The van der Waals surface area contributed by atoms with E-state index in [1.807, 2.05) is 12.1 Å². The third-order valence-corrected chi connectivity index (χ3v) is 7.59. The van der Waals surface area contributed by atoms with Crippen LogP contribution in [-0.4, -0.2) is 49.6 Å². The van der Waals surface area contributed by atoms with E-state index in [4.69, 9.17) is 0 Å². The summed E-state index contributed by atoms with van der Waals surface area (Å²) in [5.74, 6) is -0.562. The maximum atomic E-state index is 13.3. The molecule has 0 bridgehead atoms. The van der Waals surface area contributed by atoms with Gasteiger partial charge >= 0.3 is 0 Å². The van der Waals surface area contributed by atoms with Gasteiger partial charge in [-0.05, 0) is 48.9 Å². The molecule has 3 aromatic rings. The van der Waals surface area contributed by atoms with Crippen molar-refractivity contribution in [1.29, 1.82) is 0 Å². The minimum Gasteiger partial charge on any atom is -0.345 e. The molecule has 2 N–H and O–H groups in total. The number of aromatic amines is 1. The summed E-state index contributed by atoms with van der Waals surface area (Å²) in [6, 6.07) is 11.4. The fourth-order valence-corrected chi connectivity index (χ4v) is 5.04. The van der Waals surface area contributed by atoms with Gasteiger partial charge in [0.25, 0.3) is 10.0 Å². The molecule has 0 radical (unpaired) electrons. The Morgan fingerprint density at radius 1 is 1.19 bits per heavy atom. The predicted octanol–water partition coefficient (Wildman–Crippen LogP) is 3.43. The van der Waals surface area contributed by atoms with Gasteiger partial charge in [0.05, 0.1) is 12.2 Å². The number of halogens is 1. The van der Waals surface area contributed by atoms with Crippen molar-refractivity contribution in [2.24, 2.45) is 0 Å². The summed E-state index contributed by atoms with van der Waals surface area (Å²) in [6.45, 7) is 0.296. The Morgan fingerprint density at radius 2 is 2.03 bits per heavy atom. The van der Waals surface area contributed by atoms with Crippen molar-refractivity contribution in [1.82, 2.24) is 19.8 Å². The van der Waals surface area contributed by atoms with E-state index in [-0.39, 0.29) is 22.5 Å². The van der Waals surface area contributed by atoms with Crippen LogP contribution < -0.4 is 4.72 Å². The summed E-state index contributed by atoms with van der Waals surface area (Å²) in [5, 5.41) is 8.89. The number of sulfonamides is 1. The molecule has 7 nitrogen and oxygen atoms in total. The Bertz CT molecular complexity index is 1100. The first kappa shape index (κ1) is 23.1. The van der Waals surface area contributed by atoms with E-state index >= 15 is 0 Å². The topological polar surface area (TPSA) is 95.2 Å². The van der Waals surface area contributed by atoms with Gasteiger partial charge in [0.2, 0.25) is 5.91 Å². The lowest BCUT2D eigenvalue weighted by Crippen LogP contribution is -2.38. The summed E-state index contributed by atoms with van der Waals surface area (Å²) in [4.78, 5) is 13.7. The van der Waals surface area contributed by atoms with Crippen LogP contribution in [0.5, 0.6) is 0 Å². The minimum atomic E-state index is -3.64. The molecule has 3 rings (SSSR count). The summed E-state index contributed by atoms with van der Waals surface area (Å²) in [5.41, 5.74) is 2.42. The molecule has 0 unspecified atom stereocenters. The van der Waals surface area contributed by atoms with Gasteiger partial charge in [-0.1, -0.05) is 24.6 Å². The highest BCUT2D eigenvalue weighted by molar-refractivity contribution is 7.91. The first-order valence-corrected chi connectivity index (χ1v) is 12.3. The third kappa shape index (κ3) is 6.71. The lowest BCUT2D eigenvalue weighted by molar-refractivity contribution is -0.128. The van der Waals surface area contributed by atoms with Crippen LogP contribution in [-0.2, 0) is 21.2 Å². The van der Waals surface area contributed by atoms with Crippen molar-refractivity contribution in [2.75, 3.05) is 20.1 Å². The third-order valence-electron chi connectivity index (χ3n) is 4.79. The van der Waals surface area contributed by atoms with Gasteiger partial charge in [0.1, 0.15) is 10.0 Å². The quantitative estimate of drug-likeness (QED) is 0.425. The number of carbonyl (C=O) groups is 1. The van der Waals surface area contributed by atoms with E-state index in [1.54, 1.807) is 24.6 Å². The molecule has 0 saturated heterocycles. The molecule has 10 heteroatoms. The number of hydrogen-bond acceptors (Lipinski definition) is 5. The molecule has 2 aromatic heterocycles. The fourth-order valence-electron chi connectivity index (χ4n) is 3.03. The molecule has 0 spiro atoms. The standard InChI is InChI=1S/C21H25FN4O3S2/c1-26(20(27)15-23-31(28,29)21-10-6-12-30-21)11-4-2-3-9-18-14-19(25-24-18)16-7-5-8-17(22)13-16/h5-8,10,12-14,23H,2-4,9,11,15H2,1H3,(H,24,25). The first-order chi connectivity index (χ1) is 14.8. The number of likely N-dealkylation sites (N-methyl/N-ethyl adjacent to an activating group) is 1. The Kier molecular flexibility index (Phi) is 7.94. The smallest absolute Gasteiger partial charge is 0.250 e. The second-order valence-electron chi connectivity index (χ2n) is 7.17. The lowest BCUT2D eigenvalue weighted by Gasteiger charge is -2.17. The predicted molar refractivity (Wildman–Crippen MR) is 119 cm³/mol. The minimum absolute atomic E-state index is 0.197. The Labute approximate surface area is 185 Å². The van der Waals surface area contributed by atoms with E-state index < -0.39 is 10.0 Å². The number of rotatable bonds is 11. The first-order valence-electron chi connectivity index (χ1n) is 9.92. The molecule has 1 aromatic carbocycles. The van der Waals surface area contributed by atoms with Crippen LogP contribution in [0, 0.1) is 5.82 Å². The molecule has 166 valence electrons. The van der Waals surface area contributed by atoms with Crippen molar-refractivity contribution >= 4 is 27.3 Å². The molecule has 1 amide bonds. The highest BCUT2D eigenvalue weighted by Gasteiger charge is 2.17. The zero-order valence-electron chi connectivity index (χ0n) is 17.2. The molecule has 31 heavy (non-hydrogen) atoms. The highest BCUT2D eigenvalue weighted by Crippen LogP contribution is 2.19. The van der Waals surface area contributed by atoms with Gasteiger partial charge < -0.3 is 4.90 Å². The Morgan fingerprint density at radius 3 is 2.77 bits per heavy atom. The van der Waals surface area contributed by atoms with Crippen LogP contribution >= 0.6 is 11.3 Å². The van der Waals surface area contributed by atoms with Crippen LogP contribution in [0.2, 0.25) is 0 Å². The number of hydrogen-bond donors (Lipinski definition) is 2. The summed E-state index contributed by atoms with van der Waals surface area (Å²) >= 11 is 1.11. The number of unbranched alkanes of at least 4 members (excludes halogenated alkanes) is 2. The van der Waals surface area contributed by atoms with Gasteiger partial charge in [-0.25, -0.2) is 17.5 Å². The Hall–Kier alpha value is -2.56. The maximum absolute atomic E-state index is 13.3. The van der Waals surface area contributed by atoms with E-state index in [1.165, 1.54) is 23.1 Å². The molecule has 0 fully saturated rings. The molecular weight excluding hydrogens is 439 g/mol. The van der Waals surface area contributed by atoms with Crippen LogP contribution in [0.3, 0.4) is 0 Å². The largest absolute Gasteiger partial charge is 0.345 e. The summed E-state index contributed by atoms with van der Waals surface area (Å²) in [6.07, 6.45) is 3.44. The highest BCUT2D eigenvalue weighted by atomic mass is 32.2. The van der Waals surface area contributed by atoms with Gasteiger partial charge in [0.15, 0.2) is 0 Å². The fraction of sp³-hybridized carbons (Fsp3) is 0.333. The van der Waals surface area contributed by atoms with Crippen molar-refractivity contribution in [3.05, 3.63) is 59.4 Å². The van der Waals surface area contributed by atoms with E-state index in [9.17, 15) is 17.6 Å². The maximum Gasteiger partial charge on any atom is 0.250 e. The molecule has 0 aliphatic carbocycles. The Balaban J connectivity index is 1.35. The van der Waals surface area contributed by atoms with Crippen LogP contribution in [0.15, 0.2) is 52.1 Å². The second kappa shape index (κ2) is 10.7. The number of nitrogens with zero attached hydrogens (tertiary/aromatic N) is 2. The van der Waals surface area contributed by atoms with Crippen molar-refractivity contribution in [3.8, 4) is 11.3 Å². The van der Waals surface area contributed by atoms with Crippen LogP contribution in [0.1, 0.15) is 25.0 Å². The number of carbonyl (C=O) groups excluding carboxylic acids is 1. The number of H-pyrrole nitrogens is 1. The molecule has 0 atom stereocenters. The van der Waals surface area contributed by atoms with Gasteiger partial charge in [-0.3, -0.25) is 9.89 Å². The van der Waals surface area contributed by atoms with Gasteiger partial charge in [0, 0.05) is 24.8 Å². The molecule has 2 heterocycles. The SMILES string of the molecule is CN(CCCCCc1cc(-c2cccc(F)c2)n[nH]1)C(=O)CNS(=O)(=O)c1cccs1. The van der Waals surface area contributed by atoms with Crippen LogP contribution in [0.25, 0.3) is 11.3 Å². The van der Waals surface area contributed by atoms with Crippen LogP contribution in [0.4, 0.5) is 4.39 Å². The number of amides is 1. The average molecular weight is 465 g/mol. The monoisotopic (exact) mass is 464 g/mol. The number of benzene rings is 1. The number of aryl methyl sites for hydroxylation is 1. The molecule has 0 saturated carbocycles. The second-order valence-corrected chi connectivity index (χ2v) is 10.1. The van der Waals surface area contributed by atoms with Crippen molar-refractivity contribution in [3.63, 3.8) is 0 Å². The van der Waals surface area contributed by atoms with Gasteiger partial charge in [-0.2, -0.15) is 5.10 Å².